The molecule has 2 fully saturated rings. The Morgan fingerprint density at radius 1 is 1.09 bits per heavy atom. The Kier molecular flexibility index (Phi) is 8.84. The summed E-state index contributed by atoms with van der Waals surface area (Å²) >= 11 is 0. The maximum Gasteiger partial charge on any atom is 0.303 e. The van der Waals surface area contributed by atoms with E-state index in [0.29, 0.717) is 17.8 Å². The number of unbranched alkanes of at least 4 members (excludes halogenated alkanes) is 4. The van der Waals surface area contributed by atoms with Crippen molar-refractivity contribution < 1.29 is 23.9 Å². The highest BCUT2D eigenvalue weighted by atomic mass is 19.1. The highest BCUT2D eigenvalue weighted by molar-refractivity contribution is 6.01. The van der Waals surface area contributed by atoms with Crippen LogP contribution >= 0.6 is 0 Å². The molecule has 1 aromatic rings. The van der Waals surface area contributed by atoms with Crippen molar-refractivity contribution in [3.05, 3.63) is 24.0 Å². The lowest BCUT2D eigenvalue weighted by molar-refractivity contribution is -0.137. The van der Waals surface area contributed by atoms with Crippen molar-refractivity contribution in [2.75, 3.05) is 42.9 Å². The first-order valence-corrected chi connectivity index (χ1v) is 11.5. The fourth-order valence-corrected chi connectivity index (χ4v) is 4.24. The highest BCUT2D eigenvalue weighted by Crippen LogP contribution is 2.25. The molecule has 3 N–H and O–H groups in total. The summed E-state index contributed by atoms with van der Waals surface area (Å²) in [5, 5.41) is 14.0. The summed E-state index contributed by atoms with van der Waals surface area (Å²) in [6.45, 7) is 4.30. The summed E-state index contributed by atoms with van der Waals surface area (Å²) in [7, 11) is 0. The van der Waals surface area contributed by atoms with Crippen molar-refractivity contribution in [3.8, 4) is 0 Å². The van der Waals surface area contributed by atoms with E-state index < -0.39 is 12.0 Å². The molecule has 8 nitrogen and oxygen atoms in total. The summed E-state index contributed by atoms with van der Waals surface area (Å²) in [5.41, 5.74) is 1.10. The molecule has 2 amide bonds. The number of nitrogens with one attached hydrogen (secondary N) is 2. The van der Waals surface area contributed by atoms with Crippen LogP contribution in [0.25, 0.3) is 0 Å². The fraction of sp³-hybridized carbons (Fsp3) is 0.609. The first-order valence-electron chi connectivity index (χ1n) is 11.5. The fourth-order valence-electron chi connectivity index (χ4n) is 4.24. The van der Waals surface area contributed by atoms with Gasteiger partial charge < -0.3 is 15.3 Å². The van der Waals surface area contributed by atoms with Crippen LogP contribution in [0.5, 0.6) is 0 Å². The normalized spacial score (nSPS) is 19.7. The number of halogens is 1. The molecule has 1 unspecified atom stereocenters. The summed E-state index contributed by atoms with van der Waals surface area (Å²) in [6.07, 6.45) is 5.93. The lowest BCUT2D eigenvalue weighted by Gasteiger charge is -2.36. The second-order valence-electron chi connectivity index (χ2n) is 8.55. The molecule has 176 valence electrons. The van der Waals surface area contributed by atoms with Crippen molar-refractivity contribution >= 4 is 29.2 Å². The Morgan fingerprint density at radius 3 is 2.50 bits per heavy atom. The van der Waals surface area contributed by atoms with Gasteiger partial charge in [0, 0.05) is 44.7 Å². The predicted molar refractivity (Wildman–Crippen MR) is 120 cm³/mol. The van der Waals surface area contributed by atoms with Crippen LogP contribution in [0, 0.1) is 5.82 Å². The minimum atomic E-state index is -0.723. The van der Waals surface area contributed by atoms with Gasteiger partial charge in [-0.1, -0.05) is 19.3 Å². The average Bonchev–Trinajstić information content (AvgIpc) is 2.75. The molecule has 2 heterocycles. The molecule has 0 saturated carbocycles. The van der Waals surface area contributed by atoms with E-state index in [1.54, 1.807) is 12.1 Å². The molecule has 0 bridgehead atoms. The Morgan fingerprint density at radius 2 is 1.81 bits per heavy atom. The third kappa shape index (κ3) is 7.19. The number of piperidine rings is 1. The Bertz CT molecular complexity index is 811. The summed E-state index contributed by atoms with van der Waals surface area (Å²) in [4.78, 5) is 38.1. The number of carbonyl (C=O) groups excluding carboxylic acids is 2. The molecule has 0 spiro atoms. The smallest absolute Gasteiger partial charge is 0.303 e. The number of carboxylic acid groups (broad SMARTS) is 1. The standard InChI is InChI=1S/C23H33FN4O4/c24-18-16-17(25-19-8-10-21(29)26-23(19)32)7-9-20(18)28-14-12-27(13-15-28)11-5-3-1-2-4-6-22(30)31/h7,9,16,19,25H,1-6,8,10-15H2,(H,30,31)(H,26,29,32). The molecular formula is C23H33FN4O4. The van der Waals surface area contributed by atoms with E-state index in [1.165, 1.54) is 6.07 Å². The molecule has 0 radical (unpaired) electrons. The Labute approximate surface area is 188 Å². The summed E-state index contributed by atoms with van der Waals surface area (Å²) in [5.74, 6) is -1.69. The third-order valence-corrected chi connectivity index (χ3v) is 6.11. The van der Waals surface area contributed by atoms with Gasteiger partial charge in [-0.05, 0) is 44.0 Å². The second kappa shape index (κ2) is 11.8. The average molecular weight is 449 g/mol. The van der Waals surface area contributed by atoms with Gasteiger partial charge in [0.15, 0.2) is 0 Å². The quantitative estimate of drug-likeness (QED) is 0.353. The zero-order valence-electron chi connectivity index (χ0n) is 18.4. The second-order valence-corrected chi connectivity index (χ2v) is 8.55. The van der Waals surface area contributed by atoms with Gasteiger partial charge in [0.25, 0.3) is 0 Å². The molecule has 0 aromatic heterocycles. The van der Waals surface area contributed by atoms with Crippen molar-refractivity contribution in [2.45, 2.75) is 57.4 Å². The van der Waals surface area contributed by atoms with Crippen LogP contribution < -0.4 is 15.5 Å². The van der Waals surface area contributed by atoms with E-state index in [4.69, 9.17) is 5.11 Å². The van der Waals surface area contributed by atoms with E-state index in [1.807, 2.05) is 4.90 Å². The molecule has 2 aliphatic rings. The number of hydrogen-bond donors (Lipinski definition) is 3. The van der Waals surface area contributed by atoms with Gasteiger partial charge in [-0.15, -0.1) is 0 Å². The van der Waals surface area contributed by atoms with E-state index >= 15 is 0 Å². The number of piperazine rings is 1. The van der Waals surface area contributed by atoms with Crippen molar-refractivity contribution in [2.24, 2.45) is 0 Å². The Hall–Kier alpha value is -2.68. The van der Waals surface area contributed by atoms with Gasteiger partial charge in [-0.3, -0.25) is 24.6 Å². The molecular weight excluding hydrogens is 415 g/mol. The summed E-state index contributed by atoms with van der Waals surface area (Å²) < 4.78 is 14.8. The lowest BCUT2D eigenvalue weighted by Crippen LogP contribution is -2.47. The lowest BCUT2D eigenvalue weighted by atomic mass is 10.1. The molecule has 0 aliphatic carbocycles. The van der Waals surface area contributed by atoms with Crippen molar-refractivity contribution in [3.63, 3.8) is 0 Å². The number of carboxylic acids is 1. The Balaban J connectivity index is 1.38. The predicted octanol–water partition coefficient (Wildman–Crippen LogP) is 2.59. The maximum absolute atomic E-state index is 14.8. The van der Waals surface area contributed by atoms with Gasteiger partial charge in [0.1, 0.15) is 11.9 Å². The van der Waals surface area contributed by atoms with Gasteiger partial charge in [0.05, 0.1) is 5.69 Å². The van der Waals surface area contributed by atoms with E-state index in [2.05, 4.69) is 15.5 Å². The van der Waals surface area contributed by atoms with Crippen LogP contribution in [-0.4, -0.2) is 66.6 Å². The monoisotopic (exact) mass is 448 g/mol. The number of anilines is 2. The van der Waals surface area contributed by atoms with Crippen molar-refractivity contribution in [1.29, 1.82) is 0 Å². The molecule has 3 rings (SSSR count). The van der Waals surface area contributed by atoms with Crippen LogP contribution in [0.3, 0.4) is 0 Å². The number of nitrogens with zero attached hydrogens (tertiary/aromatic N) is 2. The highest BCUT2D eigenvalue weighted by Gasteiger charge is 2.27. The number of benzene rings is 1. The molecule has 2 saturated heterocycles. The van der Waals surface area contributed by atoms with E-state index in [9.17, 15) is 18.8 Å². The van der Waals surface area contributed by atoms with Crippen LogP contribution in [-0.2, 0) is 14.4 Å². The number of carbonyl (C=O) groups is 3. The molecule has 9 heteroatoms. The molecule has 2 aliphatic heterocycles. The van der Waals surface area contributed by atoms with Gasteiger partial charge >= 0.3 is 5.97 Å². The molecule has 32 heavy (non-hydrogen) atoms. The van der Waals surface area contributed by atoms with E-state index in [0.717, 1.165) is 64.8 Å². The number of hydrogen-bond acceptors (Lipinski definition) is 6. The van der Waals surface area contributed by atoms with Crippen LogP contribution in [0.2, 0.25) is 0 Å². The number of rotatable bonds is 11. The topological polar surface area (TPSA) is 102 Å². The SMILES string of the molecule is O=C(O)CCCCCCCN1CCN(c2ccc(NC3CCC(=O)NC3=O)cc2F)CC1. The first kappa shape index (κ1) is 24.0. The van der Waals surface area contributed by atoms with Gasteiger partial charge in [-0.25, -0.2) is 4.39 Å². The van der Waals surface area contributed by atoms with Crippen LogP contribution in [0.4, 0.5) is 15.8 Å². The number of aliphatic carboxylic acids is 1. The minimum absolute atomic E-state index is 0.256. The largest absolute Gasteiger partial charge is 0.481 e. The number of imide groups is 1. The van der Waals surface area contributed by atoms with Crippen LogP contribution in [0.1, 0.15) is 51.4 Å². The van der Waals surface area contributed by atoms with Gasteiger partial charge in [-0.2, -0.15) is 0 Å². The van der Waals surface area contributed by atoms with Crippen molar-refractivity contribution in [1.82, 2.24) is 10.2 Å². The third-order valence-electron chi connectivity index (χ3n) is 6.11. The molecule has 1 aromatic carbocycles. The first-order chi connectivity index (χ1) is 15.4. The minimum Gasteiger partial charge on any atom is -0.481 e. The maximum atomic E-state index is 14.8. The summed E-state index contributed by atoms with van der Waals surface area (Å²) in [6, 6.07) is 4.41. The number of amides is 2. The zero-order valence-corrected chi connectivity index (χ0v) is 18.4. The van der Waals surface area contributed by atoms with Crippen LogP contribution in [0.15, 0.2) is 18.2 Å². The van der Waals surface area contributed by atoms with Gasteiger partial charge in [0.2, 0.25) is 11.8 Å². The van der Waals surface area contributed by atoms with E-state index in [-0.39, 0.29) is 30.5 Å². The molecule has 1 atom stereocenters. The zero-order chi connectivity index (χ0) is 22.9.